The van der Waals surface area contributed by atoms with E-state index in [4.69, 9.17) is 4.74 Å². The average Bonchev–Trinajstić information content (AvgIpc) is 3.21. The molecule has 1 aliphatic carbocycles. The molecule has 2 N–H and O–H groups in total. The van der Waals surface area contributed by atoms with Crippen LogP contribution in [0, 0.1) is 5.92 Å². The van der Waals surface area contributed by atoms with Crippen molar-refractivity contribution in [3.8, 4) is 5.75 Å². The van der Waals surface area contributed by atoms with Crippen LogP contribution in [0.3, 0.4) is 0 Å². The van der Waals surface area contributed by atoms with Crippen LogP contribution in [-0.4, -0.2) is 24.4 Å². The van der Waals surface area contributed by atoms with E-state index in [-0.39, 0.29) is 12.1 Å². The maximum atomic E-state index is 9.68. The molecule has 3 heteroatoms. The van der Waals surface area contributed by atoms with Crippen LogP contribution < -0.4 is 10.1 Å². The van der Waals surface area contributed by atoms with E-state index in [9.17, 15) is 5.11 Å². The molecule has 1 aliphatic rings. The largest absolute Gasteiger partial charge is 0.497 e. The Morgan fingerprint density at radius 3 is 2.76 bits per heavy atom. The number of benzene rings is 1. The van der Waals surface area contributed by atoms with Crippen LogP contribution in [0.4, 0.5) is 5.69 Å². The fraction of sp³-hybridized carbons (Fsp3) is 0.571. The lowest BCUT2D eigenvalue weighted by Gasteiger charge is -2.33. The molecule has 3 nitrogen and oxygen atoms in total. The third-order valence-electron chi connectivity index (χ3n) is 3.73. The summed E-state index contributed by atoms with van der Waals surface area (Å²) < 4.78 is 5.21. The van der Waals surface area contributed by atoms with E-state index in [0.717, 1.165) is 17.9 Å². The highest BCUT2D eigenvalue weighted by Gasteiger charge is 2.43. The highest BCUT2D eigenvalue weighted by atomic mass is 16.5. The zero-order valence-electron chi connectivity index (χ0n) is 10.6. The summed E-state index contributed by atoms with van der Waals surface area (Å²) in [5, 5.41) is 13.2. The van der Waals surface area contributed by atoms with E-state index in [1.165, 1.54) is 12.8 Å². The number of nitrogens with one attached hydrogen (secondary N) is 1. The maximum absolute atomic E-state index is 9.68. The van der Waals surface area contributed by atoms with Crippen LogP contribution in [0.5, 0.6) is 5.75 Å². The van der Waals surface area contributed by atoms with Gasteiger partial charge in [0.25, 0.3) is 0 Å². The van der Waals surface area contributed by atoms with Gasteiger partial charge in [-0.3, -0.25) is 0 Å². The molecule has 1 aromatic rings. The molecule has 0 aromatic heterocycles. The molecule has 0 saturated heterocycles. The fourth-order valence-corrected chi connectivity index (χ4v) is 2.38. The minimum Gasteiger partial charge on any atom is -0.497 e. The summed E-state index contributed by atoms with van der Waals surface area (Å²) in [5.74, 6) is 1.44. The van der Waals surface area contributed by atoms with Gasteiger partial charge in [-0.15, -0.1) is 0 Å². The van der Waals surface area contributed by atoms with Crippen molar-refractivity contribution in [1.82, 2.24) is 0 Å². The van der Waals surface area contributed by atoms with Gasteiger partial charge in [0, 0.05) is 11.8 Å². The molecule has 1 saturated carbocycles. The lowest BCUT2D eigenvalue weighted by molar-refractivity contribution is 0.188. The smallest absolute Gasteiger partial charge is 0.120 e. The van der Waals surface area contributed by atoms with Crippen LogP contribution in [0.25, 0.3) is 0 Å². The first-order chi connectivity index (χ1) is 8.24. The van der Waals surface area contributed by atoms with Crippen LogP contribution in [0.2, 0.25) is 0 Å². The maximum Gasteiger partial charge on any atom is 0.120 e. The van der Waals surface area contributed by atoms with E-state index in [2.05, 4.69) is 12.2 Å². The number of ether oxygens (including phenoxy) is 1. The van der Waals surface area contributed by atoms with Gasteiger partial charge < -0.3 is 15.2 Å². The molecule has 1 aromatic carbocycles. The highest BCUT2D eigenvalue weighted by molar-refractivity contribution is 5.50. The lowest BCUT2D eigenvalue weighted by Crippen LogP contribution is -2.43. The number of aliphatic hydroxyl groups is 1. The van der Waals surface area contributed by atoms with Crippen LogP contribution in [0.15, 0.2) is 24.3 Å². The third-order valence-corrected chi connectivity index (χ3v) is 3.73. The summed E-state index contributed by atoms with van der Waals surface area (Å²) in [5.41, 5.74) is 0.860. The summed E-state index contributed by atoms with van der Waals surface area (Å²) in [6, 6.07) is 7.88. The van der Waals surface area contributed by atoms with Gasteiger partial charge in [-0.2, -0.15) is 0 Å². The predicted molar refractivity (Wildman–Crippen MR) is 69.4 cm³/mol. The topological polar surface area (TPSA) is 41.5 Å². The lowest BCUT2D eigenvalue weighted by atomic mass is 9.90. The normalized spacial score (nSPS) is 18.5. The molecule has 17 heavy (non-hydrogen) atoms. The van der Waals surface area contributed by atoms with Crippen molar-refractivity contribution in [3.05, 3.63) is 24.3 Å². The summed E-state index contributed by atoms with van der Waals surface area (Å²) in [4.78, 5) is 0. The van der Waals surface area contributed by atoms with Crippen molar-refractivity contribution in [2.75, 3.05) is 19.0 Å². The van der Waals surface area contributed by atoms with Gasteiger partial charge in [-0.05, 0) is 37.3 Å². The van der Waals surface area contributed by atoms with E-state index in [0.29, 0.717) is 5.92 Å². The Labute approximate surface area is 103 Å². The molecule has 1 fully saturated rings. The Hall–Kier alpha value is -1.22. The molecule has 1 unspecified atom stereocenters. The summed E-state index contributed by atoms with van der Waals surface area (Å²) in [6.45, 7) is 2.31. The molecule has 1 atom stereocenters. The van der Waals surface area contributed by atoms with Gasteiger partial charge in [0.15, 0.2) is 0 Å². The van der Waals surface area contributed by atoms with Gasteiger partial charge in [-0.1, -0.05) is 13.0 Å². The molecule has 0 spiro atoms. The number of anilines is 1. The minimum absolute atomic E-state index is 0.160. The van der Waals surface area contributed by atoms with E-state index in [1.54, 1.807) is 7.11 Å². The van der Waals surface area contributed by atoms with Crippen LogP contribution in [0.1, 0.15) is 26.2 Å². The van der Waals surface area contributed by atoms with E-state index >= 15 is 0 Å². The zero-order chi connectivity index (χ0) is 12.3. The summed E-state index contributed by atoms with van der Waals surface area (Å²) in [7, 11) is 1.67. The first-order valence-electron chi connectivity index (χ1n) is 6.27. The highest BCUT2D eigenvalue weighted by Crippen LogP contribution is 2.43. The van der Waals surface area contributed by atoms with Crippen molar-refractivity contribution in [2.24, 2.45) is 5.92 Å². The van der Waals surface area contributed by atoms with Gasteiger partial charge in [0.2, 0.25) is 0 Å². The van der Waals surface area contributed by atoms with E-state index < -0.39 is 0 Å². The second-order valence-corrected chi connectivity index (χ2v) is 4.80. The minimum atomic E-state index is -0.160. The fourth-order valence-electron chi connectivity index (χ4n) is 2.38. The molecule has 0 bridgehead atoms. The van der Waals surface area contributed by atoms with Crippen LogP contribution in [-0.2, 0) is 0 Å². The van der Waals surface area contributed by atoms with Crippen molar-refractivity contribution in [3.63, 3.8) is 0 Å². The first-order valence-corrected chi connectivity index (χ1v) is 6.27. The Kier molecular flexibility index (Phi) is 3.57. The molecule has 0 aliphatic heterocycles. The second kappa shape index (κ2) is 4.96. The Bertz CT molecular complexity index is 370. The van der Waals surface area contributed by atoms with Gasteiger partial charge in [0.05, 0.1) is 19.3 Å². The number of hydrogen-bond acceptors (Lipinski definition) is 3. The monoisotopic (exact) mass is 235 g/mol. The Morgan fingerprint density at radius 2 is 2.24 bits per heavy atom. The predicted octanol–water partition coefficient (Wildman–Crippen LogP) is 2.66. The molecular weight excluding hydrogens is 214 g/mol. The molecule has 0 amide bonds. The van der Waals surface area contributed by atoms with Crippen molar-refractivity contribution < 1.29 is 9.84 Å². The molecule has 0 heterocycles. The summed E-state index contributed by atoms with van der Waals surface area (Å²) >= 11 is 0. The standard InChI is InChI=1S/C14H21NO2/c1-3-14(10-16,11-7-8-11)15-12-5-4-6-13(9-12)17-2/h4-6,9,11,15-16H,3,7-8,10H2,1-2H3. The summed E-state index contributed by atoms with van der Waals surface area (Å²) in [6.07, 6.45) is 3.36. The third kappa shape index (κ3) is 2.55. The van der Waals surface area contributed by atoms with Crippen molar-refractivity contribution in [2.45, 2.75) is 31.7 Å². The molecule has 2 rings (SSSR count). The van der Waals surface area contributed by atoms with Gasteiger partial charge in [-0.25, -0.2) is 0 Å². The first kappa shape index (κ1) is 12.2. The number of rotatable bonds is 6. The SMILES string of the molecule is CCC(CO)(Nc1cccc(OC)c1)C1CC1. The van der Waals surface area contributed by atoms with Gasteiger partial charge >= 0.3 is 0 Å². The Balaban J connectivity index is 2.16. The molecule has 0 radical (unpaired) electrons. The molecular formula is C14H21NO2. The van der Waals surface area contributed by atoms with Gasteiger partial charge in [0.1, 0.15) is 5.75 Å². The van der Waals surface area contributed by atoms with E-state index in [1.807, 2.05) is 24.3 Å². The van der Waals surface area contributed by atoms with Crippen LogP contribution >= 0.6 is 0 Å². The quantitative estimate of drug-likeness (QED) is 0.796. The van der Waals surface area contributed by atoms with Crippen molar-refractivity contribution >= 4 is 5.69 Å². The van der Waals surface area contributed by atoms with Crippen molar-refractivity contribution in [1.29, 1.82) is 0 Å². The second-order valence-electron chi connectivity index (χ2n) is 4.80. The molecule has 94 valence electrons. The number of hydrogen-bond donors (Lipinski definition) is 2. The number of aliphatic hydroxyl groups excluding tert-OH is 1. The Morgan fingerprint density at radius 1 is 1.47 bits per heavy atom. The zero-order valence-corrected chi connectivity index (χ0v) is 10.6. The number of methoxy groups -OCH3 is 1. The average molecular weight is 235 g/mol.